The predicted molar refractivity (Wildman–Crippen MR) is 49.4 cm³/mol. The minimum Gasteiger partial charge on any atom is -0.395 e. The smallest absolute Gasteiger partial charge is 0.0988 e. The maximum atomic E-state index is 9.48. The fourth-order valence-corrected chi connectivity index (χ4v) is 1.80. The van der Waals surface area contributed by atoms with Crippen molar-refractivity contribution in [2.24, 2.45) is 0 Å². The van der Waals surface area contributed by atoms with E-state index in [2.05, 4.69) is 6.92 Å². The van der Waals surface area contributed by atoms with Gasteiger partial charge in [-0.25, -0.2) is 0 Å². The van der Waals surface area contributed by atoms with Crippen molar-refractivity contribution in [1.82, 2.24) is 4.90 Å². The summed E-state index contributed by atoms with van der Waals surface area (Å²) < 4.78 is 0. The summed E-state index contributed by atoms with van der Waals surface area (Å²) in [7, 11) is 0. The van der Waals surface area contributed by atoms with E-state index in [-0.39, 0.29) is 12.6 Å². The number of aliphatic hydroxyl groups excluding tert-OH is 3. The zero-order valence-electron chi connectivity index (χ0n) is 8.06. The molecule has 1 saturated heterocycles. The maximum absolute atomic E-state index is 9.48. The summed E-state index contributed by atoms with van der Waals surface area (Å²) in [6.07, 6.45) is 0.632. The Labute approximate surface area is 78.8 Å². The summed E-state index contributed by atoms with van der Waals surface area (Å²) in [5.74, 6) is 0. The van der Waals surface area contributed by atoms with Crippen LogP contribution in [0.2, 0.25) is 0 Å². The molecule has 1 fully saturated rings. The molecular weight excluding hydrogens is 170 g/mol. The van der Waals surface area contributed by atoms with Crippen LogP contribution in [0, 0.1) is 0 Å². The van der Waals surface area contributed by atoms with Crippen molar-refractivity contribution in [2.75, 3.05) is 19.7 Å². The van der Waals surface area contributed by atoms with Crippen LogP contribution in [0.15, 0.2) is 0 Å². The number of hydrogen-bond donors (Lipinski definition) is 3. The van der Waals surface area contributed by atoms with Gasteiger partial charge in [0.05, 0.1) is 24.9 Å². The number of hydrogen-bond acceptors (Lipinski definition) is 4. The molecule has 3 atom stereocenters. The Bertz CT molecular complexity index is 154. The summed E-state index contributed by atoms with van der Waals surface area (Å²) in [6, 6.07) is -0.276. The van der Waals surface area contributed by atoms with Crippen LogP contribution in [0.1, 0.15) is 19.8 Å². The van der Waals surface area contributed by atoms with Gasteiger partial charge in [0, 0.05) is 6.54 Å². The van der Waals surface area contributed by atoms with Gasteiger partial charge in [0.15, 0.2) is 0 Å². The third-order valence-corrected chi connectivity index (χ3v) is 2.66. The molecule has 13 heavy (non-hydrogen) atoms. The van der Waals surface area contributed by atoms with Crippen LogP contribution < -0.4 is 0 Å². The highest BCUT2D eigenvalue weighted by Gasteiger charge is 2.38. The highest BCUT2D eigenvalue weighted by molar-refractivity contribution is 4.92. The second-order valence-corrected chi connectivity index (χ2v) is 3.66. The summed E-state index contributed by atoms with van der Waals surface area (Å²) in [5, 5.41) is 27.9. The largest absolute Gasteiger partial charge is 0.395 e. The summed E-state index contributed by atoms with van der Waals surface area (Å²) in [5.41, 5.74) is 0. The van der Waals surface area contributed by atoms with Gasteiger partial charge >= 0.3 is 0 Å². The zero-order valence-corrected chi connectivity index (χ0v) is 8.06. The van der Waals surface area contributed by atoms with Gasteiger partial charge in [0.2, 0.25) is 0 Å². The molecule has 0 aliphatic carbocycles. The number of rotatable bonds is 4. The summed E-state index contributed by atoms with van der Waals surface area (Å²) in [6.45, 7) is 3.33. The van der Waals surface area contributed by atoms with E-state index in [0.29, 0.717) is 6.54 Å². The number of aliphatic hydroxyl groups is 3. The van der Waals surface area contributed by atoms with Crippen LogP contribution >= 0.6 is 0 Å². The van der Waals surface area contributed by atoms with E-state index in [9.17, 15) is 10.2 Å². The predicted octanol–water partition coefficient (Wildman–Crippen LogP) is -0.815. The van der Waals surface area contributed by atoms with Crippen molar-refractivity contribution in [3.8, 4) is 0 Å². The topological polar surface area (TPSA) is 63.9 Å². The molecule has 0 spiro atoms. The monoisotopic (exact) mass is 189 g/mol. The van der Waals surface area contributed by atoms with E-state index < -0.39 is 12.2 Å². The van der Waals surface area contributed by atoms with E-state index in [4.69, 9.17) is 5.11 Å². The second-order valence-electron chi connectivity index (χ2n) is 3.66. The van der Waals surface area contributed by atoms with Gasteiger partial charge in [-0.2, -0.15) is 0 Å². The lowest BCUT2D eigenvalue weighted by Crippen LogP contribution is -2.39. The average Bonchev–Trinajstić information content (AvgIpc) is 2.39. The molecule has 0 radical (unpaired) electrons. The Morgan fingerprint density at radius 1 is 1.38 bits per heavy atom. The molecule has 0 aromatic carbocycles. The third kappa shape index (κ3) is 2.40. The average molecular weight is 189 g/mol. The molecule has 2 unspecified atom stereocenters. The number of likely N-dealkylation sites (tertiary alicyclic amines) is 1. The molecule has 0 bridgehead atoms. The number of unbranched alkanes of at least 4 members (excludes halogenated alkanes) is 1. The normalized spacial score (nSPS) is 35.5. The lowest BCUT2D eigenvalue weighted by Gasteiger charge is -2.23. The van der Waals surface area contributed by atoms with Gasteiger partial charge in [0.1, 0.15) is 0 Å². The van der Waals surface area contributed by atoms with Crippen molar-refractivity contribution in [2.45, 2.75) is 38.0 Å². The molecule has 4 nitrogen and oxygen atoms in total. The van der Waals surface area contributed by atoms with Crippen molar-refractivity contribution in [3.05, 3.63) is 0 Å². The van der Waals surface area contributed by atoms with Gasteiger partial charge < -0.3 is 15.3 Å². The maximum Gasteiger partial charge on any atom is 0.0988 e. The van der Waals surface area contributed by atoms with Gasteiger partial charge in [-0.1, -0.05) is 13.3 Å². The Balaban J connectivity index is 2.44. The Morgan fingerprint density at radius 3 is 2.62 bits per heavy atom. The van der Waals surface area contributed by atoms with Gasteiger partial charge in [-0.15, -0.1) is 0 Å². The van der Waals surface area contributed by atoms with Crippen LogP contribution in [-0.2, 0) is 0 Å². The summed E-state index contributed by atoms with van der Waals surface area (Å²) in [4.78, 5) is 1.96. The number of nitrogens with zero attached hydrogens (tertiary/aromatic N) is 1. The van der Waals surface area contributed by atoms with Crippen LogP contribution in [-0.4, -0.2) is 58.2 Å². The molecule has 0 aromatic rings. The first-order valence-corrected chi connectivity index (χ1v) is 4.91. The minimum atomic E-state index is -0.790. The highest BCUT2D eigenvalue weighted by atomic mass is 16.3. The highest BCUT2D eigenvalue weighted by Crippen LogP contribution is 2.18. The molecule has 0 saturated carbocycles. The summed E-state index contributed by atoms with van der Waals surface area (Å²) >= 11 is 0. The second kappa shape index (κ2) is 4.91. The Hall–Kier alpha value is -0.160. The Morgan fingerprint density at radius 2 is 2.08 bits per heavy atom. The van der Waals surface area contributed by atoms with Gasteiger partial charge in [0.25, 0.3) is 0 Å². The van der Waals surface area contributed by atoms with Crippen LogP contribution in [0.5, 0.6) is 0 Å². The van der Waals surface area contributed by atoms with Gasteiger partial charge in [-0.05, 0) is 13.0 Å². The molecule has 1 heterocycles. The van der Waals surface area contributed by atoms with Crippen molar-refractivity contribution in [1.29, 1.82) is 0 Å². The van der Waals surface area contributed by atoms with Crippen LogP contribution in [0.25, 0.3) is 0 Å². The fourth-order valence-electron chi connectivity index (χ4n) is 1.80. The minimum absolute atomic E-state index is 0.0814. The molecule has 78 valence electrons. The first-order valence-electron chi connectivity index (χ1n) is 4.91. The molecule has 1 rings (SSSR count). The SMILES string of the molecule is CCCCN1CC(O)[C@H](O)C1CO. The molecule has 3 N–H and O–H groups in total. The standard InChI is InChI=1S/C9H19NO3/c1-2-3-4-10-5-8(12)9(13)7(10)6-11/h7-9,11-13H,2-6H2,1H3/t7?,8?,9-/m1/s1. The lowest BCUT2D eigenvalue weighted by molar-refractivity contribution is 0.0216. The molecule has 4 heteroatoms. The molecule has 0 amide bonds. The van der Waals surface area contributed by atoms with E-state index in [0.717, 1.165) is 19.4 Å². The molecule has 1 aliphatic heterocycles. The fraction of sp³-hybridized carbons (Fsp3) is 1.00. The van der Waals surface area contributed by atoms with E-state index in [1.807, 2.05) is 4.90 Å². The zero-order chi connectivity index (χ0) is 9.84. The molecule has 1 aliphatic rings. The van der Waals surface area contributed by atoms with Crippen LogP contribution in [0.3, 0.4) is 0 Å². The van der Waals surface area contributed by atoms with Crippen molar-refractivity contribution >= 4 is 0 Å². The quantitative estimate of drug-likeness (QED) is 0.541. The lowest BCUT2D eigenvalue weighted by atomic mass is 10.1. The Kier molecular flexibility index (Phi) is 4.12. The van der Waals surface area contributed by atoms with Crippen molar-refractivity contribution in [3.63, 3.8) is 0 Å². The third-order valence-electron chi connectivity index (χ3n) is 2.66. The first kappa shape index (κ1) is 10.9. The van der Waals surface area contributed by atoms with Gasteiger partial charge in [-0.3, -0.25) is 4.90 Å². The first-order chi connectivity index (χ1) is 6.20. The number of β-amino-alcohol motifs (C(OH)–C–C–N with tert-alkyl or cyclic N) is 1. The van der Waals surface area contributed by atoms with E-state index in [1.54, 1.807) is 0 Å². The molecular formula is C9H19NO3. The van der Waals surface area contributed by atoms with E-state index >= 15 is 0 Å². The van der Waals surface area contributed by atoms with Crippen molar-refractivity contribution < 1.29 is 15.3 Å². The molecule has 0 aromatic heterocycles. The van der Waals surface area contributed by atoms with E-state index in [1.165, 1.54) is 0 Å². The van der Waals surface area contributed by atoms with Crippen LogP contribution in [0.4, 0.5) is 0 Å².